The maximum Gasteiger partial charge on any atom is 0.237 e. The number of H-pyrrole nitrogens is 1. The molecule has 1 aromatic heterocycles. The van der Waals surface area contributed by atoms with Crippen LogP contribution in [0.1, 0.15) is 24.8 Å². The van der Waals surface area contributed by atoms with E-state index in [9.17, 15) is 4.79 Å². The number of nitrogens with two attached hydrogens (primary N) is 1. The molecule has 0 spiro atoms. The summed E-state index contributed by atoms with van der Waals surface area (Å²) < 4.78 is 5.31. The van der Waals surface area contributed by atoms with Gasteiger partial charge >= 0.3 is 0 Å². The summed E-state index contributed by atoms with van der Waals surface area (Å²) >= 11 is 0. The van der Waals surface area contributed by atoms with Gasteiger partial charge < -0.3 is 20.8 Å². The van der Waals surface area contributed by atoms with Gasteiger partial charge in [0.2, 0.25) is 5.91 Å². The summed E-state index contributed by atoms with van der Waals surface area (Å²) in [7, 11) is 0. The first-order valence-electron chi connectivity index (χ1n) is 8.42. The molecule has 0 aliphatic carbocycles. The van der Waals surface area contributed by atoms with Crippen molar-refractivity contribution in [3.63, 3.8) is 0 Å². The van der Waals surface area contributed by atoms with Crippen molar-refractivity contribution in [2.75, 3.05) is 19.8 Å². The highest BCUT2D eigenvalue weighted by Crippen LogP contribution is 2.19. The number of carbonyl (C=O) groups excluding carboxylic acids is 1. The fourth-order valence-electron chi connectivity index (χ4n) is 3.24. The molecule has 3 rings (SSSR count). The van der Waals surface area contributed by atoms with E-state index in [1.165, 1.54) is 10.9 Å². The Kier molecular flexibility index (Phi) is 7.09. The van der Waals surface area contributed by atoms with Crippen LogP contribution in [0.4, 0.5) is 0 Å². The zero-order valence-electron chi connectivity index (χ0n) is 13.8. The van der Waals surface area contributed by atoms with Crippen molar-refractivity contribution >= 4 is 29.2 Å². The van der Waals surface area contributed by atoms with E-state index >= 15 is 0 Å². The molecule has 1 fully saturated rings. The number of hydrogen-bond donors (Lipinski definition) is 3. The van der Waals surface area contributed by atoms with Crippen LogP contribution in [0, 0.1) is 5.92 Å². The van der Waals surface area contributed by atoms with Crippen molar-refractivity contribution < 1.29 is 9.53 Å². The van der Waals surface area contributed by atoms with Gasteiger partial charge in [-0.2, -0.15) is 0 Å². The van der Waals surface area contributed by atoms with Gasteiger partial charge in [0.05, 0.1) is 6.04 Å². The predicted molar refractivity (Wildman–Crippen MR) is 98.4 cm³/mol. The van der Waals surface area contributed by atoms with Crippen molar-refractivity contribution in [1.82, 2.24) is 10.3 Å². The van der Waals surface area contributed by atoms with Gasteiger partial charge in [-0.25, -0.2) is 0 Å². The molecule has 5 nitrogen and oxygen atoms in total. The number of halogens is 1. The summed E-state index contributed by atoms with van der Waals surface area (Å²) in [6.07, 6.45) is 5.67. The SMILES string of the molecule is Cl.NC(C(=O)NCCCc1c[nH]c2ccccc12)C1CCOCC1. The van der Waals surface area contributed by atoms with Gasteiger partial charge in [0.25, 0.3) is 0 Å². The number of aromatic nitrogens is 1. The fraction of sp³-hybridized carbons (Fsp3) is 0.500. The van der Waals surface area contributed by atoms with Crippen LogP contribution >= 0.6 is 12.4 Å². The summed E-state index contributed by atoms with van der Waals surface area (Å²) in [6.45, 7) is 2.09. The Hall–Kier alpha value is -1.56. The number of para-hydroxylation sites is 1. The number of aryl methyl sites for hydroxylation is 1. The second kappa shape index (κ2) is 9.06. The number of amides is 1. The van der Waals surface area contributed by atoms with E-state index in [-0.39, 0.29) is 24.2 Å². The van der Waals surface area contributed by atoms with E-state index in [0.717, 1.165) is 31.2 Å². The highest BCUT2D eigenvalue weighted by Gasteiger charge is 2.26. The molecule has 1 aromatic carbocycles. The average molecular weight is 352 g/mol. The molecule has 1 unspecified atom stereocenters. The summed E-state index contributed by atoms with van der Waals surface area (Å²) in [4.78, 5) is 15.4. The Morgan fingerprint density at radius 1 is 1.33 bits per heavy atom. The Bertz CT molecular complexity index is 653. The minimum atomic E-state index is -0.410. The Labute approximate surface area is 148 Å². The van der Waals surface area contributed by atoms with Crippen molar-refractivity contribution in [2.45, 2.75) is 31.7 Å². The monoisotopic (exact) mass is 351 g/mol. The molecule has 0 radical (unpaired) electrons. The van der Waals surface area contributed by atoms with Gasteiger partial charge in [-0.3, -0.25) is 4.79 Å². The third-order valence-electron chi connectivity index (χ3n) is 4.67. The smallest absolute Gasteiger partial charge is 0.237 e. The molecule has 0 bridgehead atoms. The predicted octanol–water partition coefficient (Wildman–Crippen LogP) is 2.39. The molecule has 24 heavy (non-hydrogen) atoms. The van der Waals surface area contributed by atoms with Crippen molar-refractivity contribution in [3.05, 3.63) is 36.0 Å². The first kappa shape index (κ1) is 18.8. The first-order valence-corrected chi connectivity index (χ1v) is 8.42. The standard InChI is InChI=1S/C18H25N3O2.ClH/c19-17(13-7-10-23-11-8-13)18(22)20-9-3-4-14-12-21-16-6-2-1-5-15(14)16;/h1-2,5-6,12-13,17,21H,3-4,7-11,19H2,(H,20,22);1H. The number of fused-ring (bicyclic) bond motifs is 1. The summed E-state index contributed by atoms with van der Waals surface area (Å²) in [6, 6.07) is 7.87. The molecule has 2 aromatic rings. The topological polar surface area (TPSA) is 80.1 Å². The molecule has 1 aliphatic rings. The van der Waals surface area contributed by atoms with E-state index in [1.807, 2.05) is 12.1 Å². The van der Waals surface area contributed by atoms with Crippen LogP contribution in [0.15, 0.2) is 30.5 Å². The van der Waals surface area contributed by atoms with Crippen LogP contribution in [-0.4, -0.2) is 36.7 Å². The largest absolute Gasteiger partial charge is 0.381 e. The van der Waals surface area contributed by atoms with Gasteiger partial charge in [0.15, 0.2) is 0 Å². The van der Waals surface area contributed by atoms with Crippen LogP contribution in [0.3, 0.4) is 0 Å². The van der Waals surface area contributed by atoms with E-state index in [0.29, 0.717) is 19.8 Å². The lowest BCUT2D eigenvalue weighted by atomic mass is 9.92. The molecule has 1 saturated heterocycles. The maximum atomic E-state index is 12.1. The molecular weight excluding hydrogens is 326 g/mol. The van der Waals surface area contributed by atoms with Crippen LogP contribution in [0.2, 0.25) is 0 Å². The molecule has 2 heterocycles. The van der Waals surface area contributed by atoms with E-state index in [4.69, 9.17) is 10.5 Å². The minimum Gasteiger partial charge on any atom is -0.381 e. The Morgan fingerprint density at radius 2 is 2.08 bits per heavy atom. The number of ether oxygens (including phenoxy) is 1. The van der Waals surface area contributed by atoms with E-state index in [1.54, 1.807) is 0 Å². The number of hydrogen-bond acceptors (Lipinski definition) is 3. The third kappa shape index (κ3) is 4.50. The molecular formula is C18H26ClN3O2. The molecule has 0 saturated carbocycles. The number of rotatable bonds is 6. The lowest BCUT2D eigenvalue weighted by molar-refractivity contribution is -0.124. The van der Waals surface area contributed by atoms with Crippen LogP contribution in [-0.2, 0) is 16.0 Å². The zero-order chi connectivity index (χ0) is 16.1. The maximum absolute atomic E-state index is 12.1. The quantitative estimate of drug-likeness (QED) is 0.699. The zero-order valence-corrected chi connectivity index (χ0v) is 14.6. The Morgan fingerprint density at radius 3 is 2.88 bits per heavy atom. The number of benzene rings is 1. The molecule has 1 aliphatic heterocycles. The highest BCUT2D eigenvalue weighted by atomic mass is 35.5. The van der Waals surface area contributed by atoms with E-state index in [2.05, 4.69) is 28.6 Å². The van der Waals surface area contributed by atoms with E-state index < -0.39 is 6.04 Å². The Balaban J connectivity index is 0.00000208. The van der Waals surface area contributed by atoms with Crippen LogP contribution in [0.25, 0.3) is 10.9 Å². The second-order valence-electron chi connectivity index (χ2n) is 6.23. The summed E-state index contributed by atoms with van der Waals surface area (Å²) in [5.41, 5.74) is 8.53. The van der Waals surface area contributed by atoms with Crippen molar-refractivity contribution in [2.24, 2.45) is 11.7 Å². The number of carbonyl (C=O) groups is 1. The molecule has 132 valence electrons. The molecule has 6 heteroatoms. The van der Waals surface area contributed by atoms with Crippen molar-refractivity contribution in [3.8, 4) is 0 Å². The second-order valence-corrected chi connectivity index (χ2v) is 6.23. The highest BCUT2D eigenvalue weighted by molar-refractivity contribution is 5.85. The van der Waals surface area contributed by atoms with Gasteiger partial charge in [0.1, 0.15) is 0 Å². The van der Waals surface area contributed by atoms with Crippen molar-refractivity contribution in [1.29, 1.82) is 0 Å². The fourth-order valence-corrected chi connectivity index (χ4v) is 3.24. The van der Waals surface area contributed by atoms with Gasteiger partial charge in [-0.1, -0.05) is 18.2 Å². The normalized spacial score (nSPS) is 16.5. The lowest BCUT2D eigenvalue weighted by Gasteiger charge is -2.26. The van der Waals surface area contributed by atoms with Gasteiger partial charge in [-0.05, 0) is 43.2 Å². The van der Waals surface area contributed by atoms with Gasteiger partial charge in [0, 0.05) is 36.9 Å². The summed E-state index contributed by atoms with van der Waals surface area (Å²) in [5, 5.41) is 4.24. The average Bonchev–Trinajstić information content (AvgIpc) is 3.02. The van der Waals surface area contributed by atoms with Gasteiger partial charge in [-0.15, -0.1) is 12.4 Å². The number of aromatic amines is 1. The summed E-state index contributed by atoms with van der Waals surface area (Å²) in [5.74, 6) is 0.216. The third-order valence-corrected chi connectivity index (χ3v) is 4.67. The first-order chi connectivity index (χ1) is 11.3. The molecule has 1 amide bonds. The number of nitrogens with one attached hydrogen (secondary N) is 2. The van der Waals surface area contributed by atoms with Crippen LogP contribution in [0.5, 0.6) is 0 Å². The molecule has 1 atom stereocenters. The van der Waals surface area contributed by atoms with Crippen LogP contribution < -0.4 is 11.1 Å². The minimum absolute atomic E-state index is 0. The lowest BCUT2D eigenvalue weighted by Crippen LogP contribution is -2.47. The molecule has 4 N–H and O–H groups in total.